The average Bonchev–Trinajstić information content (AvgIpc) is 2.63. The summed E-state index contributed by atoms with van der Waals surface area (Å²) < 4.78 is 43.8. The molecule has 0 unspecified atom stereocenters. The van der Waals surface area contributed by atoms with Gasteiger partial charge in [-0.25, -0.2) is 4.98 Å². The summed E-state index contributed by atoms with van der Waals surface area (Å²) in [6.45, 7) is 0. The molecule has 26 heavy (non-hydrogen) atoms. The third-order valence-corrected chi connectivity index (χ3v) is 3.34. The van der Waals surface area contributed by atoms with E-state index in [2.05, 4.69) is 15.3 Å². The van der Waals surface area contributed by atoms with Gasteiger partial charge in [0, 0.05) is 5.56 Å². The molecule has 1 amide bonds. The molecular formula is C18H12F3N3O2. The number of ether oxygens (including phenoxy) is 1. The Morgan fingerprint density at radius 1 is 1.04 bits per heavy atom. The zero-order valence-corrected chi connectivity index (χ0v) is 13.2. The van der Waals surface area contributed by atoms with E-state index in [1.165, 1.54) is 24.7 Å². The molecule has 0 fully saturated rings. The fourth-order valence-corrected chi connectivity index (χ4v) is 2.12. The number of carbonyl (C=O) groups is 1. The monoisotopic (exact) mass is 359 g/mol. The van der Waals surface area contributed by atoms with Crippen LogP contribution in [0.4, 0.5) is 18.9 Å². The van der Waals surface area contributed by atoms with Crippen molar-refractivity contribution in [2.75, 3.05) is 5.32 Å². The Kier molecular flexibility index (Phi) is 4.83. The number of amides is 1. The maximum absolute atomic E-state index is 12.8. The van der Waals surface area contributed by atoms with Gasteiger partial charge in [0.15, 0.2) is 0 Å². The molecule has 132 valence electrons. The molecule has 5 nitrogen and oxygen atoms in total. The molecule has 0 atom stereocenters. The van der Waals surface area contributed by atoms with Crippen LogP contribution in [0.3, 0.4) is 0 Å². The molecule has 3 rings (SSSR count). The molecule has 0 saturated carbocycles. The van der Waals surface area contributed by atoms with E-state index in [0.29, 0.717) is 5.56 Å². The molecule has 0 aliphatic carbocycles. The summed E-state index contributed by atoms with van der Waals surface area (Å²) >= 11 is 0. The van der Waals surface area contributed by atoms with Crippen LogP contribution in [-0.2, 0) is 6.18 Å². The van der Waals surface area contributed by atoms with Gasteiger partial charge in [-0.3, -0.25) is 4.79 Å². The van der Waals surface area contributed by atoms with E-state index in [1.54, 1.807) is 30.3 Å². The first-order valence-electron chi connectivity index (χ1n) is 7.45. The molecule has 0 bridgehead atoms. The Morgan fingerprint density at radius 2 is 1.81 bits per heavy atom. The Bertz CT molecular complexity index is 915. The first-order chi connectivity index (χ1) is 12.4. The van der Waals surface area contributed by atoms with Crippen LogP contribution in [0.5, 0.6) is 11.6 Å². The number of rotatable bonds is 4. The number of anilines is 1. The molecule has 0 saturated heterocycles. The molecule has 0 aliphatic rings. The number of carbonyl (C=O) groups excluding carboxylic acids is 1. The Hall–Kier alpha value is -3.42. The number of hydrogen-bond acceptors (Lipinski definition) is 4. The van der Waals surface area contributed by atoms with Crippen LogP contribution in [-0.4, -0.2) is 15.9 Å². The summed E-state index contributed by atoms with van der Waals surface area (Å²) in [6, 6.07) is 12.8. The smallest absolute Gasteiger partial charge is 0.416 e. The lowest BCUT2D eigenvalue weighted by Crippen LogP contribution is -2.13. The number of nitrogens with zero attached hydrogens (tertiary/aromatic N) is 2. The van der Waals surface area contributed by atoms with E-state index in [4.69, 9.17) is 4.74 Å². The number of hydrogen-bond donors (Lipinski definition) is 1. The predicted octanol–water partition coefficient (Wildman–Crippen LogP) is 4.54. The fourth-order valence-electron chi connectivity index (χ4n) is 2.12. The molecule has 0 aliphatic heterocycles. The lowest BCUT2D eigenvalue weighted by atomic mass is 10.2. The maximum atomic E-state index is 12.8. The Labute approximate surface area is 146 Å². The maximum Gasteiger partial charge on any atom is 0.416 e. The highest BCUT2D eigenvalue weighted by Gasteiger charge is 2.30. The van der Waals surface area contributed by atoms with Gasteiger partial charge in [0.05, 0.1) is 11.8 Å². The number of nitrogens with one attached hydrogen (secondary N) is 1. The van der Waals surface area contributed by atoms with Crippen molar-refractivity contribution in [2.45, 2.75) is 6.18 Å². The molecular weight excluding hydrogens is 347 g/mol. The minimum atomic E-state index is -4.49. The van der Waals surface area contributed by atoms with E-state index in [-0.39, 0.29) is 17.3 Å². The molecule has 2 aromatic carbocycles. The third-order valence-electron chi connectivity index (χ3n) is 3.34. The Morgan fingerprint density at radius 3 is 2.54 bits per heavy atom. The van der Waals surface area contributed by atoms with Gasteiger partial charge in [0.25, 0.3) is 5.91 Å². The van der Waals surface area contributed by atoms with Gasteiger partial charge in [-0.1, -0.05) is 24.3 Å². The van der Waals surface area contributed by atoms with Gasteiger partial charge in [0.1, 0.15) is 17.8 Å². The van der Waals surface area contributed by atoms with Gasteiger partial charge >= 0.3 is 6.18 Å². The molecule has 1 N–H and O–H groups in total. The van der Waals surface area contributed by atoms with Crippen molar-refractivity contribution in [1.82, 2.24) is 9.97 Å². The largest absolute Gasteiger partial charge is 0.437 e. The summed E-state index contributed by atoms with van der Waals surface area (Å²) in [5.74, 6) is -0.549. The van der Waals surface area contributed by atoms with E-state index in [9.17, 15) is 18.0 Å². The summed E-state index contributed by atoms with van der Waals surface area (Å²) in [4.78, 5) is 19.9. The van der Waals surface area contributed by atoms with Crippen molar-refractivity contribution in [1.29, 1.82) is 0 Å². The second-order valence-corrected chi connectivity index (χ2v) is 5.19. The fraction of sp³-hybridized carbons (Fsp3) is 0.0556. The second-order valence-electron chi connectivity index (χ2n) is 5.19. The van der Waals surface area contributed by atoms with Crippen LogP contribution in [0, 0.1) is 0 Å². The lowest BCUT2D eigenvalue weighted by Gasteiger charge is -2.12. The highest BCUT2D eigenvalue weighted by Crippen LogP contribution is 2.33. The molecule has 0 spiro atoms. The first-order valence-corrected chi connectivity index (χ1v) is 7.45. The molecule has 0 radical (unpaired) electrons. The number of halogens is 3. The first kappa shape index (κ1) is 17.4. The third kappa shape index (κ3) is 4.15. The van der Waals surface area contributed by atoms with E-state index in [0.717, 1.165) is 12.1 Å². The number of alkyl halides is 3. The molecule has 1 heterocycles. The lowest BCUT2D eigenvalue weighted by molar-refractivity contribution is -0.137. The van der Waals surface area contributed by atoms with Crippen LogP contribution >= 0.6 is 0 Å². The summed E-state index contributed by atoms with van der Waals surface area (Å²) in [5, 5.41) is 2.58. The predicted molar refractivity (Wildman–Crippen MR) is 87.9 cm³/mol. The van der Waals surface area contributed by atoms with Crippen LogP contribution in [0.2, 0.25) is 0 Å². The van der Waals surface area contributed by atoms with E-state index >= 15 is 0 Å². The van der Waals surface area contributed by atoms with Gasteiger partial charge in [-0.15, -0.1) is 0 Å². The van der Waals surface area contributed by atoms with Crippen LogP contribution in [0.15, 0.2) is 67.1 Å². The van der Waals surface area contributed by atoms with Crippen molar-refractivity contribution in [2.24, 2.45) is 0 Å². The van der Waals surface area contributed by atoms with Crippen LogP contribution in [0.25, 0.3) is 0 Å². The number of benzene rings is 2. The second kappa shape index (κ2) is 7.22. The van der Waals surface area contributed by atoms with Crippen molar-refractivity contribution in [3.05, 3.63) is 78.2 Å². The summed E-state index contributed by atoms with van der Waals surface area (Å²) in [7, 11) is 0. The highest BCUT2D eigenvalue weighted by atomic mass is 19.4. The molecule has 3 aromatic rings. The Balaban J connectivity index is 1.83. The van der Waals surface area contributed by atoms with Gasteiger partial charge in [-0.2, -0.15) is 18.2 Å². The van der Waals surface area contributed by atoms with E-state index in [1.807, 2.05) is 0 Å². The van der Waals surface area contributed by atoms with Crippen molar-refractivity contribution in [3.8, 4) is 11.6 Å². The molecule has 1 aromatic heterocycles. The zero-order chi connectivity index (χ0) is 18.6. The van der Waals surface area contributed by atoms with Crippen molar-refractivity contribution < 1.29 is 22.7 Å². The highest BCUT2D eigenvalue weighted by molar-refractivity contribution is 6.04. The topological polar surface area (TPSA) is 64.1 Å². The van der Waals surface area contributed by atoms with Crippen LogP contribution < -0.4 is 10.1 Å². The summed E-state index contributed by atoms with van der Waals surface area (Å²) in [5.41, 5.74) is -0.306. The van der Waals surface area contributed by atoms with Crippen molar-refractivity contribution in [3.63, 3.8) is 0 Å². The quantitative estimate of drug-likeness (QED) is 0.743. The van der Waals surface area contributed by atoms with E-state index < -0.39 is 17.6 Å². The molecule has 8 heteroatoms. The zero-order valence-electron chi connectivity index (χ0n) is 13.2. The summed E-state index contributed by atoms with van der Waals surface area (Å²) in [6.07, 6.45) is -2.02. The van der Waals surface area contributed by atoms with Crippen LogP contribution in [0.1, 0.15) is 15.9 Å². The minimum Gasteiger partial charge on any atom is -0.437 e. The van der Waals surface area contributed by atoms with Gasteiger partial charge in [0.2, 0.25) is 5.88 Å². The van der Waals surface area contributed by atoms with Gasteiger partial charge < -0.3 is 10.1 Å². The van der Waals surface area contributed by atoms with Gasteiger partial charge in [-0.05, 0) is 30.3 Å². The SMILES string of the molecule is O=C(Nc1cncnc1Oc1cccc(C(F)(F)F)c1)c1ccccc1. The number of aromatic nitrogens is 2. The minimum absolute atomic E-state index is 0.0614. The standard InChI is InChI=1S/C18H12F3N3O2/c19-18(20,21)13-7-4-8-14(9-13)26-17-15(10-22-11-23-17)24-16(25)12-5-2-1-3-6-12/h1-11H,(H,24,25). The average molecular weight is 359 g/mol. The van der Waals surface area contributed by atoms with Crippen molar-refractivity contribution >= 4 is 11.6 Å². The normalized spacial score (nSPS) is 11.0.